The third-order valence-electron chi connectivity index (χ3n) is 6.75. The summed E-state index contributed by atoms with van der Waals surface area (Å²) in [5, 5.41) is 5.03. The van der Waals surface area contributed by atoms with Crippen molar-refractivity contribution in [2.75, 3.05) is 12.4 Å². The molecule has 0 fully saturated rings. The number of aliphatic imine (C=N–C) groups is 1. The van der Waals surface area contributed by atoms with Gasteiger partial charge in [-0.15, -0.1) is 0 Å². The Hall–Kier alpha value is -4.03. The second-order valence-corrected chi connectivity index (χ2v) is 11.6. The number of carbonyl (C=O) groups is 3. The van der Waals surface area contributed by atoms with E-state index < -0.39 is 79.2 Å². The van der Waals surface area contributed by atoms with Crippen LogP contribution in [-0.4, -0.2) is 54.5 Å². The van der Waals surface area contributed by atoms with Crippen molar-refractivity contribution < 1.29 is 45.8 Å². The van der Waals surface area contributed by atoms with Crippen molar-refractivity contribution in [1.29, 1.82) is 0 Å². The van der Waals surface area contributed by atoms with Crippen LogP contribution < -0.4 is 15.4 Å². The predicted molar refractivity (Wildman–Crippen MR) is 154 cm³/mol. The normalized spacial score (nSPS) is 16.9. The zero-order valence-electron chi connectivity index (χ0n) is 25.1. The van der Waals surface area contributed by atoms with Gasteiger partial charge in [-0.05, 0) is 46.6 Å². The number of benzene rings is 2. The van der Waals surface area contributed by atoms with Gasteiger partial charge in [0.15, 0.2) is 0 Å². The lowest BCUT2D eigenvalue weighted by Gasteiger charge is -2.30. The van der Waals surface area contributed by atoms with E-state index in [9.17, 15) is 36.3 Å². The van der Waals surface area contributed by atoms with E-state index in [0.29, 0.717) is 23.8 Å². The van der Waals surface area contributed by atoms with Crippen LogP contribution in [-0.2, 0) is 19.1 Å². The molecule has 3 atom stereocenters. The molecule has 0 spiro atoms. The molecule has 8 nitrogen and oxygen atoms in total. The van der Waals surface area contributed by atoms with E-state index in [-0.39, 0.29) is 11.4 Å². The van der Waals surface area contributed by atoms with Gasteiger partial charge in [-0.2, -0.15) is 13.2 Å². The Morgan fingerprint density at radius 1 is 0.932 bits per heavy atom. The molecule has 2 N–H and O–H groups in total. The van der Waals surface area contributed by atoms with Gasteiger partial charge in [0, 0.05) is 24.0 Å². The third kappa shape index (κ3) is 9.75. The molecule has 0 radical (unpaired) electrons. The van der Waals surface area contributed by atoms with Crippen LogP contribution in [0.4, 0.5) is 27.6 Å². The van der Waals surface area contributed by atoms with Crippen molar-refractivity contribution in [2.45, 2.75) is 77.2 Å². The van der Waals surface area contributed by atoms with Crippen molar-refractivity contribution in [1.82, 2.24) is 5.32 Å². The molecule has 13 heteroatoms. The number of para-hydroxylation sites is 1. The topological polar surface area (TPSA) is 106 Å². The summed E-state index contributed by atoms with van der Waals surface area (Å²) in [6.07, 6.45) is -10.3. The molecule has 2 amide bonds. The number of halogens is 5. The highest BCUT2D eigenvalue weighted by Gasteiger charge is 2.42. The van der Waals surface area contributed by atoms with Crippen LogP contribution >= 0.6 is 0 Å². The minimum atomic E-state index is -4.72. The molecule has 44 heavy (non-hydrogen) atoms. The summed E-state index contributed by atoms with van der Waals surface area (Å²) in [6.45, 7) is 5.11. The fourth-order valence-electron chi connectivity index (χ4n) is 4.75. The summed E-state index contributed by atoms with van der Waals surface area (Å²) >= 11 is 0. The van der Waals surface area contributed by atoms with E-state index in [0.717, 1.165) is 0 Å². The number of esters is 1. The Balaban J connectivity index is 2.06. The molecule has 2 aromatic carbocycles. The SMILES string of the molecule is COc1cccc2c1NC(=O)C(NC(=O)[C@H](CCC(F)(F)F)[C@H](CCC(C)(F)F)C(=O)OC(C)(C)C)N=C2c1ccccc1. The number of rotatable bonds is 11. The molecular weight excluding hydrogens is 589 g/mol. The molecular formula is C31H36F5N3O5. The second-order valence-electron chi connectivity index (χ2n) is 11.6. The van der Waals surface area contributed by atoms with Gasteiger partial charge in [0.05, 0.1) is 30.3 Å². The highest BCUT2D eigenvalue weighted by Crippen LogP contribution is 2.35. The highest BCUT2D eigenvalue weighted by molar-refractivity contribution is 6.20. The first-order chi connectivity index (χ1) is 20.4. The average molecular weight is 626 g/mol. The van der Waals surface area contributed by atoms with Crippen molar-refractivity contribution >= 4 is 29.2 Å². The first kappa shape index (κ1) is 34.5. The van der Waals surface area contributed by atoms with Gasteiger partial charge < -0.3 is 20.1 Å². The molecule has 1 unspecified atom stereocenters. The molecule has 1 heterocycles. The molecule has 1 aliphatic rings. The summed E-state index contributed by atoms with van der Waals surface area (Å²) in [6, 6.07) is 13.6. The van der Waals surface area contributed by atoms with Gasteiger partial charge >= 0.3 is 12.1 Å². The third-order valence-corrected chi connectivity index (χ3v) is 6.75. The van der Waals surface area contributed by atoms with E-state index in [1.54, 1.807) is 48.5 Å². The summed E-state index contributed by atoms with van der Waals surface area (Å²) in [4.78, 5) is 44.7. The quantitative estimate of drug-likeness (QED) is 0.226. The summed E-state index contributed by atoms with van der Waals surface area (Å²) < 4.78 is 78.6. The Morgan fingerprint density at radius 2 is 1.57 bits per heavy atom. The monoisotopic (exact) mass is 625 g/mol. The minimum Gasteiger partial charge on any atom is -0.495 e. The molecule has 0 saturated carbocycles. The number of methoxy groups -OCH3 is 1. The van der Waals surface area contributed by atoms with Crippen LogP contribution in [0.5, 0.6) is 5.75 Å². The molecule has 0 aliphatic carbocycles. The van der Waals surface area contributed by atoms with E-state index in [4.69, 9.17) is 9.47 Å². The van der Waals surface area contributed by atoms with Gasteiger partial charge in [0.25, 0.3) is 5.91 Å². The van der Waals surface area contributed by atoms with E-state index in [2.05, 4.69) is 15.6 Å². The number of ether oxygens (including phenoxy) is 2. The maximum absolute atomic E-state index is 13.9. The molecule has 0 saturated heterocycles. The molecule has 2 aromatic rings. The summed E-state index contributed by atoms with van der Waals surface area (Å²) in [5.74, 6) is -9.48. The van der Waals surface area contributed by atoms with E-state index in [1.807, 2.05) is 0 Å². The van der Waals surface area contributed by atoms with Crippen LogP contribution in [0.3, 0.4) is 0 Å². The van der Waals surface area contributed by atoms with Gasteiger partial charge in [0.2, 0.25) is 18.0 Å². The fraction of sp³-hybridized carbons (Fsp3) is 0.484. The Bertz CT molecular complexity index is 1370. The lowest BCUT2D eigenvalue weighted by Crippen LogP contribution is -2.48. The summed E-state index contributed by atoms with van der Waals surface area (Å²) in [5.41, 5.74) is 0.416. The van der Waals surface area contributed by atoms with Crippen LogP contribution in [0.2, 0.25) is 0 Å². The fourth-order valence-corrected chi connectivity index (χ4v) is 4.75. The van der Waals surface area contributed by atoms with Crippen molar-refractivity contribution in [3.8, 4) is 5.75 Å². The number of benzodiazepines with no additional fused rings is 1. The van der Waals surface area contributed by atoms with Crippen molar-refractivity contribution in [2.24, 2.45) is 16.8 Å². The highest BCUT2D eigenvalue weighted by atomic mass is 19.4. The van der Waals surface area contributed by atoms with Crippen LogP contribution in [0.25, 0.3) is 0 Å². The zero-order chi connectivity index (χ0) is 32.9. The van der Waals surface area contributed by atoms with Crippen LogP contribution in [0.1, 0.15) is 64.5 Å². The Kier molecular flexibility index (Phi) is 10.8. The molecule has 240 valence electrons. The number of fused-ring (bicyclic) bond motifs is 1. The summed E-state index contributed by atoms with van der Waals surface area (Å²) in [7, 11) is 1.40. The molecule has 0 bridgehead atoms. The number of carbonyl (C=O) groups excluding carboxylic acids is 3. The number of hydrogen-bond acceptors (Lipinski definition) is 6. The first-order valence-electron chi connectivity index (χ1n) is 14.0. The van der Waals surface area contributed by atoms with Crippen molar-refractivity contribution in [3.63, 3.8) is 0 Å². The van der Waals surface area contributed by atoms with Crippen LogP contribution in [0.15, 0.2) is 53.5 Å². The smallest absolute Gasteiger partial charge is 0.389 e. The van der Waals surface area contributed by atoms with Gasteiger partial charge in [-0.1, -0.05) is 42.5 Å². The van der Waals surface area contributed by atoms with Crippen molar-refractivity contribution in [3.05, 3.63) is 59.7 Å². The Labute approximate surface area is 252 Å². The average Bonchev–Trinajstić information content (AvgIpc) is 3.04. The lowest BCUT2D eigenvalue weighted by molar-refractivity contribution is -0.167. The number of hydrogen-bond donors (Lipinski definition) is 2. The molecule has 3 rings (SSSR count). The number of amides is 2. The van der Waals surface area contributed by atoms with E-state index >= 15 is 0 Å². The van der Waals surface area contributed by atoms with E-state index in [1.165, 1.54) is 27.9 Å². The Morgan fingerprint density at radius 3 is 2.14 bits per heavy atom. The largest absolute Gasteiger partial charge is 0.495 e. The number of nitrogens with one attached hydrogen (secondary N) is 2. The van der Waals surface area contributed by atoms with Crippen LogP contribution in [0, 0.1) is 11.8 Å². The minimum absolute atomic E-state index is 0.254. The molecule has 0 aromatic heterocycles. The molecule has 1 aliphatic heterocycles. The number of alkyl halides is 5. The lowest BCUT2D eigenvalue weighted by atomic mass is 9.83. The maximum atomic E-state index is 13.9. The number of nitrogens with zero attached hydrogens (tertiary/aromatic N) is 1. The second kappa shape index (κ2) is 13.7. The maximum Gasteiger partial charge on any atom is 0.389 e. The van der Waals surface area contributed by atoms with Gasteiger partial charge in [0.1, 0.15) is 11.4 Å². The predicted octanol–water partition coefficient (Wildman–Crippen LogP) is 6.28. The first-order valence-corrected chi connectivity index (χ1v) is 14.0. The zero-order valence-corrected chi connectivity index (χ0v) is 25.1. The number of anilines is 1. The van der Waals surface area contributed by atoms with Gasteiger partial charge in [-0.3, -0.25) is 14.4 Å². The standard InChI is InChI=1S/C31H36F5N3O5/c1-29(2,3)44-28(42)20(14-16-30(4,32)33)19(15-17-31(34,35)36)26(40)39-25-27(41)38-24-21(12-9-13-22(24)43-5)23(37-25)18-10-7-6-8-11-18/h6-13,19-20,25H,14-17H2,1-5H3,(H,38,41)(H,39,40)/t19-,20+,25?/m1/s1. The van der Waals surface area contributed by atoms with Gasteiger partial charge in [-0.25, -0.2) is 13.8 Å².